The van der Waals surface area contributed by atoms with Gasteiger partial charge >= 0.3 is 0 Å². The molecule has 0 spiro atoms. The van der Waals surface area contributed by atoms with Crippen molar-refractivity contribution in [3.05, 3.63) is 70.8 Å². The van der Waals surface area contributed by atoms with Crippen molar-refractivity contribution in [1.82, 2.24) is 9.78 Å². The van der Waals surface area contributed by atoms with Crippen LogP contribution in [0.25, 0.3) is 16.1 Å². The predicted octanol–water partition coefficient (Wildman–Crippen LogP) is 2.13. The van der Waals surface area contributed by atoms with E-state index in [-0.39, 0.29) is 65.2 Å². The first-order valence-electron chi connectivity index (χ1n) is 9.72. The molecule has 3 aromatic rings. The molecule has 1 saturated carbocycles. The molecule has 1 radical (unpaired) electrons. The largest absolute Gasteiger partial charge is 0.851 e. The topological polar surface area (TPSA) is 98.3 Å². The summed E-state index contributed by atoms with van der Waals surface area (Å²) in [5.74, 6) is -1.68. The molecule has 1 aliphatic carbocycles. The van der Waals surface area contributed by atoms with E-state index in [9.17, 15) is 15.3 Å². The number of benzene rings is 2. The molecule has 2 heterocycles. The SMILES string of the molecule is Cn1n[c-]c(C2C([O-])C(C=C3[N-]c4ccc5ccccc5c4C3(C)C)C2[O-])c1O.[W].[Y]. The number of rotatable bonds is 2. The van der Waals surface area contributed by atoms with Crippen LogP contribution in [-0.2, 0) is 66.2 Å². The number of aryl methyl sites for hydroxylation is 1. The molecule has 0 amide bonds. The Hall–Kier alpha value is -1.04. The third kappa shape index (κ3) is 3.65. The molecule has 1 aliphatic heterocycles. The van der Waals surface area contributed by atoms with Crippen LogP contribution in [0.3, 0.4) is 0 Å². The van der Waals surface area contributed by atoms with Gasteiger partial charge in [0.2, 0.25) is 0 Å². The van der Waals surface area contributed by atoms with Gasteiger partial charge in [0.15, 0.2) is 0 Å². The van der Waals surface area contributed by atoms with Crippen molar-refractivity contribution in [2.24, 2.45) is 13.0 Å². The van der Waals surface area contributed by atoms with Gasteiger partial charge < -0.3 is 30.4 Å². The Morgan fingerprint density at radius 3 is 2.48 bits per heavy atom. The quantitative estimate of drug-likeness (QED) is 0.427. The molecule has 0 bridgehead atoms. The second-order valence-corrected chi connectivity index (χ2v) is 8.47. The first-order valence-corrected chi connectivity index (χ1v) is 9.72. The Kier molecular flexibility index (Phi) is 6.92. The Morgan fingerprint density at radius 1 is 1.16 bits per heavy atom. The molecule has 2 aromatic carbocycles. The summed E-state index contributed by atoms with van der Waals surface area (Å²) in [6.07, 6.45) is 2.08. The number of aromatic hydroxyl groups is 1. The van der Waals surface area contributed by atoms with Crippen LogP contribution in [0.4, 0.5) is 5.69 Å². The molecule has 0 saturated heterocycles. The molecule has 2 atom stereocenters. The van der Waals surface area contributed by atoms with Crippen LogP contribution in [0, 0.1) is 12.1 Å². The van der Waals surface area contributed by atoms with Gasteiger partial charge in [-0.3, -0.25) is 0 Å². The monoisotopic (exact) mass is 660 g/mol. The van der Waals surface area contributed by atoms with Crippen molar-refractivity contribution in [3.63, 3.8) is 0 Å². The van der Waals surface area contributed by atoms with Crippen LogP contribution in [0.2, 0.25) is 0 Å². The van der Waals surface area contributed by atoms with Crippen LogP contribution in [0.15, 0.2) is 48.2 Å². The third-order valence-corrected chi connectivity index (χ3v) is 6.43. The Morgan fingerprint density at radius 2 is 1.84 bits per heavy atom. The molecule has 2 aliphatic rings. The summed E-state index contributed by atoms with van der Waals surface area (Å²) in [6, 6.07) is 12.2. The minimum Gasteiger partial charge on any atom is -0.851 e. The fraction of sp³-hybridized carbons (Fsp3) is 0.348. The molecule has 2 unspecified atom stereocenters. The van der Waals surface area contributed by atoms with Crippen molar-refractivity contribution in [2.75, 3.05) is 0 Å². The van der Waals surface area contributed by atoms with Gasteiger partial charge in [-0.05, 0) is 27.7 Å². The van der Waals surface area contributed by atoms with E-state index in [1.807, 2.05) is 24.3 Å². The number of aromatic nitrogens is 2. The van der Waals surface area contributed by atoms with Crippen LogP contribution in [0.5, 0.6) is 5.88 Å². The zero-order chi connectivity index (χ0) is 20.5. The molecule has 1 N–H and O–H groups in total. The summed E-state index contributed by atoms with van der Waals surface area (Å²) in [6.45, 7) is 4.16. The zero-order valence-corrected chi connectivity index (χ0v) is 23.2. The van der Waals surface area contributed by atoms with Crippen molar-refractivity contribution < 1.29 is 69.1 Å². The van der Waals surface area contributed by atoms with E-state index < -0.39 is 29.5 Å². The summed E-state index contributed by atoms with van der Waals surface area (Å²) >= 11 is 0. The average Bonchev–Trinajstić information content (AvgIpc) is 3.16. The zero-order valence-electron chi connectivity index (χ0n) is 17.4. The molecule has 1 fully saturated rings. The van der Waals surface area contributed by atoms with Gasteiger partial charge in [-0.15, -0.1) is 35.7 Å². The van der Waals surface area contributed by atoms with Crippen LogP contribution >= 0.6 is 0 Å². The van der Waals surface area contributed by atoms with Crippen molar-refractivity contribution >= 4 is 16.5 Å². The predicted molar refractivity (Wildman–Crippen MR) is 106 cm³/mol. The standard InChI is InChI=1S/C23H21N3O3.W.Y/c1-23(2)17(25-16-9-8-12-6-4-5-7-13(12)19(16)23)10-14-20(27)18(21(14)28)15-11-24-26(3)22(15)29;;/h4-10,14,18,20-21H,1-3H3,(H,24,29);;/q-4;;. The molecule has 6 nitrogen and oxygen atoms in total. The van der Waals surface area contributed by atoms with Crippen molar-refractivity contribution in [2.45, 2.75) is 37.4 Å². The van der Waals surface area contributed by atoms with Gasteiger partial charge in [-0.1, -0.05) is 56.2 Å². The van der Waals surface area contributed by atoms with E-state index in [1.54, 1.807) is 13.1 Å². The number of hydrogen-bond donors (Lipinski definition) is 1. The van der Waals surface area contributed by atoms with Gasteiger partial charge in [-0.2, -0.15) is 5.70 Å². The maximum atomic E-state index is 12.8. The van der Waals surface area contributed by atoms with Gasteiger partial charge in [0, 0.05) is 60.8 Å². The van der Waals surface area contributed by atoms with Crippen LogP contribution < -0.4 is 10.2 Å². The second kappa shape index (κ2) is 8.72. The molecule has 8 heteroatoms. The van der Waals surface area contributed by atoms with E-state index in [0.717, 1.165) is 27.7 Å². The normalized spacial score (nSPS) is 27.1. The summed E-state index contributed by atoms with van der Waals surface area (Å²) in [5.41, 5.74) is 2.59. The van der Waals surface area contributed by atoms with E-state index in [1.165, 1.54) is 4.68 Å². The molecule has 1 aromatic heterocycles. The summed E-state index contributed by atoms with van der Waals surface area (Å²) in [5, 5.41) is 46.6. The summed E-state index contributed by atoms with van der Waals surface area (Å²) in [4.78, 5) is 0. The van der Waals surface area contributed by atoms with Gasteiger partial charge in [0.05, 0.1) is 5.88 Å². The number of allylic oxidation sites excluding steroid dienone is 1. The number of nitrogens with zero attached hydrogens (tertiary/aromatic N) is 3. The molecule has 159 valence electrons. The minimum absolute atomic E-state index is 0. The molecule has 5 rings (SSSR count). The fourth-order valence-corrected chi connectivity index (χ4v) is 4.69. The Balaban J connectivity index is 0.00000136. The van der Waals surface area contributed by atoms with E-state index >= 15 is 0 Å². The first-order chi connectivity index (χ1) is 13.8. The molecule has 31 heavy (non-hydrogen) atoms. The Bertz CT molecular complexity index is 1150. The van der Waals surface area contributed by atoms with E-state index in [0.29, 0.717) is 0 Å². The maximum absolute atomic E-state index is 12.8. The molecular formula is C23H21N3O3WY-4. The van der Waals surface area contributed by atoms with Crippen molar-refractivity contribution in [3.8, 4) is 5.88 Å². The van der Waals surface area contributed by atoms with E-state index in [2.05, 4.69) is 37.3 Å². The number of hydrogen-bond acceptors (Lipinski definition) is 4. The van der Waals surface area contributed by atoms with Crippen LogP contribution in [0.1, 0.15) is 30.9 Å². The van der Waals surface area contributed by atoms with Crippen molar-refractivity contribution in [1.29, 1.82) is 0 Å². The van der Waals surface area contributed by atoms with Gasteiger partial charge in [-0.25, -0.2) is 0 Å². The summed E-state index contributed by atoms with van der Waals surface area (Å²) in [7, 11) is 1.55. The number of fused-ring (bicyclic) bond motifs is 3. The van der Waals surface area contributed by atoms with Gasteiger partial charge in [0.1, 0.15) is 0 Å². The Labute approximate surface area is 220 Å². The minimum atomic E-state index is -1.15. The van der Waals surface area contributed by atoms with Crippen LogP contribution in [-0.4, -0.2) is 27.1 Å². The third-order valence-electron chi connectivity index (χ3n) is 6.43. The summed E-state index contributed by atoms with van der Waals surface area (Å²) < 4.78 is 1.22. The maximum Gasteiger partial charge on any atom is 0.0523 e. The average molecular weight is 660 g/mol. The van der Waals surface area contributed by atoms with Gasteiger partial charge in [0.25, 0.3) is 0 Å². The molecular weight excluding hydrogens is 639 g/mol. The smallest absolute Gasteiger partial charge is 0.0523 e. The first kappa shape index (κ1) is 24.6. The van der Waals surface area contributed by atoms with E-state index in [4.69, 9.17) is 5.32 Å². The second-order valence-electron chi connectivity index (χ2n) is 8.47. The fourth-order valence-electron chi connectivity index (χ4n) is 4.69.